The molecular weight excluding hydrogens is 258 g/mol. The van der Waals surface area contributed by atoms with Crippen molar-refractivity contribution in [2.24, 2.45) is 0 Å². The first-order chi connectivity index (χ1) is 9.20. The molecule has 2 aromatic rings. The van der Waals surface area contributed by atoms with Gasteiger partial charge in [-0.3, -0.25) is 4.79 Å². The first kappa shape index (κ1) is 13.4. The molecule has 0 aliphatic carbocycles. The monoisotopic (exact) mass is 275 g/mol. The van der Waals surface area contributed by atoms with Gasteiger partial charge in [-0.25, -0.2) is 0 Å². The van der Waals surface area contributed by atoms with Crippen molar-refractivity contribution in [3.05, 3.63) is 46.2 Å². The minimum atomic E-state index is -0.0981. The number of hydrogen-bond acceptors (Lipinski definition) is 4. The van der Waals surface area contributed by atoms with Gasteiger partial charge >= 0.3 is 0 Å². The smallest absolute Gasteiger partial charge is 0.251 e. The standard InChI is InChI=1S/C14H17N3OS/c1-2-16-14(18)10-5-6-13(12(15)8-10)17-9-11-4-3-7-19-11/h3-8,17H,2,9,15H2,1H3,(H,16,18). The van der Waals surface area contributed by atoms with Gasteiger partial charge < -0.3 is 16.4 Å². The zero-order chi connectivity index (χ0) is 13.7. The lowest BCUT2D eigenvalue weighted by atomic mass is 10.1. The fourth-order valence-corrected chi connectivity index (χ4v) is 2.37. The fraction of sp³-hybridized carbons (Fsp3) is 0.214. The van der Waals surface area contributed by atoms with Crippen LogP contribution in [0.3, 0.4) is 0 Å². The molecule has 100 valence electrons. The van der Waals surface area contributed by atoms with Crippen LogP contribution in [0.25, 0.3) is 0 Å². The number of amides is 1. The Morgan fingerprint density at radius 3 is 2.84 bits per heavy atom. The van der Waals surface area contributed by atoms with Crippen LogP contribution < -0.4 is 16.4 Å². The zero-order valence-corrected chi connectivity index (χ0v) is 11.6. The molecule has 0 saturated carbocycles. The van der Waals surface area contributed by atoms with E-state index >= 15 is 0 Å². The third-order valence-electron chi connectivity index (χ3n) is 2.68. The Labute approximate surface area is 116 Å². The SMILES string of the molecule is CCNC(=O)c1ccc(NCc2cccs2)c(N)c1. The number of benzene rings is 1. The van der Waals surface area contributed by atoms with Gasteiger partial charge in [-0.15, -0.1) is 11.3 Å². The molecular formula is C14H17N3OS. The largest absolute Gasteiger partial charge is 0.397 e. The lowest BCUT2D eigenvalue weighted by Crippen LogP contribution is -2.22. The summed E-state index contributed by atoms with van der Waals surface area (Å²) in [6, 6.07) is 9.40. The quantitative estimate of drug-likeness (QED) is 0.735. The van der Waals surface area contributed by atoms with Crippen LogP contribution in [-0.4, -0.2) is 12.5 Å². The fourth-order valence-electron chi connectivity index (χ4n) is 1.72. The highest BCUT2D eigenvalue weighted by atomic mass is 32.1. The van der Waals surface area contributed by atoms with Gasteiger partial charge in [0.2, 0.25) is 0 Å². The maximum absolute atomic E-state index is 11.7. The van der Waals surface area contributed by atoms with Crippen molar-refractivity contribution in [2.75, 3.05) is 17.6 Å². The molecule has 0 saturated heterocycles. The summed E-state index contributed by atoms with van der Waals surface area (Å²) < 4.78 is 0. The summed E-state index contributed by atoms with van der Waals surface area (Å²) in [4.78, 5) is 12.9. The molecule has 4 nitrogen and oxygen atoms in total. The van der Waals surface area contributed by atoms with E-state index in [1.54, 1.807) is 23.5 Å². The van der Waals surface area contributed by atoms with Crippen molar-refractivity contribution >= 4 is 28.6 Å². The van der Waals surface area contributed by atoms with Gasteiger partial charge in [0.05, 0.1) is 11.4 Å². The zero-order valence-electron chi connectivity index (χ0n) is 10.8. The molecule has 0 spiro atoms. The molecule has 0 atom stereocenters. The van der Waals surface area contributed by atoms with Crippen LogP contribution in [0.4, 0.5) is 11.4 Å². The maximum Gasteiger partial charge on any atom is 0.251 e. The van der Waals surface area contributed by atoms with Crippen LogP contribution in [0.15, 0.2) is 35.7 Å². The number of anilines is 2. The average Bonchev–Trinajstić information content (AvgIpc) is 2.90. The molecule has 0 aliphatic rings. The van der Waals surface area contributed by atoms with Gasteiger partial charge in [0, 0.05) is 23.5 Å². The number of nitrogen functional groups attached to an aromatic ring is 1. The second-order valence-corrected chi connectivity index (χ2v) is 5.13. The molecule has 0 unspecified atom stereocenters. The Bertz CT molecular complexity index is 552. The Kier molecular flexibility index (Phi) is 4.41. The van der Waals surface area contributed by atoms with E-state index in [2.05, 4.69) is 16.7 Å². The molecule has 0 radical (unpaired) electrons. The Balaban J connectivity index is 2.04. The Morgan fingerprint density at radius 2 is 2.21 bits per heavy atom. The average molecular weight is 275 g/mol. The van der Waals surface area contributed by atoms with Crippen molar-refractivity contribution < 1.29 is 4.79 Å². The normalized spacial score (nSPS) is 10.2. The van der Waals surface area contributed by atoms with E-state index in [-0.39, 0.29) is 5.91 Å². The van der Waals surface area contributed by atoms with Crippen LogP contribution >= 0.6 is 11.3 Å². The van der Waals surface area contributed by atoms with Crippen LogP contribution in [-0.2, 0) is 6.54 Å². The summed E-state index contributed by atoms with van der Waals surface area (Å²) in [5.74, 6) is -0.0981. The summed E-state index contributed by atoms with van der Waals surface area (Å²) in [5.41, 5.74) is 7.97. The van der Waals surface area contributed by atoms with Gasteiger partial charge in [-0.05, 0) is 36.6 Å². The second-order valence-electron chi connectivity index (χ2n) is 4.09. The van der Waals surface area contributed by atoms with Crippen LogP contribution in [0.5, 0.6) is 0 Å². The van der Waals surface area contributed by atoms with Gasteiger partial charge in [0.15, 0.2) is 0 Å². The second kappa shape index (κ2) is 6.24. The van der Waals surface area contributed by atoms with E-state index < -0.39 is 0 Å². The molecule has 1 amide bonds. The lowest BCUT2D eigenvalue weighted by molar-refractivity contribution is 0.0956. The highest BCUT2D eigenvalue weighted by molar-refractivity contribution is 7.09. The van der Waals surface area contributed by atoms with Gasteiger partial charge in [0.1, 0.15) is 0 Å². The van der Waals surface area contributed by atoms with E-state index in [1.807, 2.05) is 24.4 Å². The van der Waals surface area contributed by atoms with Crippen molar-refractivity contribution in [1.29, 1.82) is 0 Å². The number of nitrogens with one attached hydrogen (secondary N) is 2. The van der Waals surface area contributed by atoms with Gasteiger partial charge in [0.25, 0.3) is 5.91 Å². The molecule has 19 heavy (non-hydrogen) atoms. The van der Waals surface area contributed by atoms with Crippen molar-refractivity contribution in [2.45, 2.75) is 13.5 Å². The molecule has 0 fully saturated rings. The molecule has 5 heteroatoms. The summed E-state index contributed by atoms with van der Waals surface area (Å²) in [7, 11) is 0. The van der Waals surface area contributed by atoms with E-state index in [4.69, 9.17) is 5.73 Å². The predicted octanol–water partition coefficient (Wildman–Crippen LogP) is 2.69. The van der Waals surface area contributed by atoms with Crippen LogP contribution in [0.2, 0.25) is 0 Å². The number of carbonyl (C=O) groups excluding carboxylic acids is 1. The molecule has 1 aromatic carbocycles. The third kappa shape index (κ3) is 3.48. The van der Waals surface area contributed by atoms with Crippen LogP contribution in [0, 0.1) is 0 Å². The highest BCUT2D eigenvalue weighted by Gasteiger charge is 2.07. The molecule has 0 bridgehead atoms. The minimum Gasteiger partial charge on any atom is -0.397 e. The first-order valence-corrected chi connectivity index (χ1v) is 7.02. The summed E-state index contributed by atoms with van der Waals surface area (Å²) in [6.45, 7) is 3.23. The summed E-state index contributed by atoms with van der Waals surface area (Å²) >= 11 is 1.70. The van der Waals surface area contributed by atoms with E-state index in [9.17, 15) is 4.79 Å². The number of nitrogens with two attached hydrogens (primary N) is 1. The molecule has 4 N–H and O–H groups in total. The van der Waals surface area contributed by atoms with Crippen molar-refractivity contribution in [1.82, 2.24) is 5.32 Å². The first-order valence-electron chi connectivity index (χ1n) is 6.14. The van der Waals surface area contributed by atoms with Crippen LogP contribution in [0.1, 0.15) is 22.2 Å². The number of hydrogen-bond donors (Lipinski definition) is 3. The molecule has 1 aromatic heterocycles. The number of carbonyl (C=O) groups is 1. The summed E-state index contributed by atoms with van der Waals surface area (Å²) in [6.07, 6.45) is 0. The lowest BCUT2D eigenvalue weighted by Gasteiger charge is -2.10. The van der Waals surface area contributed by atoms with E-state index in [0.717, 1.165) is 12.2 Å². The highest BCUT2D eigenvalue weighted by Crippen LogP contribution is 2.21. The predicted molar refractivity (Wildman–Crippen MR) is 80.5 cm³/mol. The summed E-state index contributed by atoms with van der Waals surface area (Å²) in [5, 5.41) is 8.06. The minimum absolute atomic E-state index is 0.0981. The van der Waals surface area contributed by atoms with E-state index in [1.165, 1.54) is 4.88 Å². The molecule has 1 heterocycles. The topological polar surface area (TPSA) is 67.2 Å². The maximum atomic E-state index is 11.7. The third-order valence-corrected chi connectivity index (χ3v) is 3.56. The van der Waals surface area contributed by atoms with Crippen molar-refractivity contribution in [3.63, 3.8) is 0 Å². The number of rotatable bonds is 5. The Morgan fingerprint density at radius 1 is 1.37 bits per heavy atom. The van der Waals surface area contributed by atoms with E-state index in [0.29, 0.717) is 17.8 Å². The number of thiophene rings is 1. The van der Waals surface area contributed by atoms with Crippen molar-refractivity contribution in [3.8, 4) is 0 Å². The molecule has 2 rings (SSSR count). The van der Waals surface area contributed by atoms with Gasteiger partial charge in [-0.1, -0.05) is 6.07 Å². The van der Waals surface area contributed by atoms with Gasteiger partial charge in [-0.2, -0.15) is 0 Å². The molecule has 0 aliphatic heterocycles. The Hall–Kier alpha value is -2.01.